The van der Waals surface area contributed by atoms with Crippen molar-refractivity contribution < 1.29 is 18.9 Å². The lowest BCUT2D eigenvalue weighted by molar-refractivity contribution is 0.188. The van der Waals surface area contributed by atoms with Crippen LogP contribution in [-0.4, -0.2) is 9.79 Å². The van der Waals surface area contributed by atoms with Crippen LogP contribution in [0.2, 0.25) is 0 Å². The Morgan fingerprint density at radius 1 is 1.16 bits per heavy atom. The molecular weight excluding hydrogens is 263 g/mol. The molecule has 0 fully saturated rings. The molecule has 1 aromatic rings. The van der Waals surface area contributed by atoms with Gasteiger partial charge in [0.2, 0.25) is 0 Å². The third-order valence-electron chi connectivity index (χ3n) is 2.88. The fourth-order valence-electron chi connectivity index (χ4n) is 2.31. The fourth-order valence-corrected chi connectivity index (χ4v) is 2.61. The lowest BCUT2D eigenvalue weighted by Gasteiger charge is -2.19. The largest absolute Gasteiger partial charge is 0.469 e. The van der Waals surface area contributed by atoms with E-state index in [4.69, 9.17) is 9.79 Å². The van der Waals surface area contributed by atoms with Gasteiger partial charge >= 0.3 is 7.82 Å². The molecule has 0 aliphatic heterocycles. The second-order valence-electron chi connectivity index (χ2n) is 5.51. The molecule has 0 aromatic heterocycles. The maximum Gasteiger partial charge on any atom is 0.469 e. The van der Waals surface area contributed by atoms with Crippen molar-refractivity contribution in [3.63, 3.8) is 0 Å². The first kappa shape index (κ1) is 16.4. The summed E-state index contributed by atoms with van der Waals surface area (Å²) in [5.41, 5.74) is 3.23. The van der Waals surface area contributed by atoms with Crippen molar-refractivity contribution in [2.24, 2.45) is 5.92 Å². The predicted molar refractivity (Wildman–Crippen MR) is 75.9 cm³/mol. The van der Waals surface area contributed by atoms with Gasteiger partial charge in [0, 0.05) is 0 Å². The van der Waals surface area contributed by atoms with Gasteiger partial charge in [-0.15, -0.1) is 0 Å². The van der Waals surface area contributed by atoms with E-state index in [1.54, 1.807) is 0 Å². The molecule has 0 bridgehead atoms. The Hall–Kier alpha value is -0.670. The number of phosphoric acid groups is 1. The minimum atomic E-state index is -4.42. The molecule has 1 aromatic carbocycles. The van der Waals surface area contributed by atoms with Gasteiger partial charge in [-0.3, -0.25) is 4.52 Å². The van der Waals surface area contributed by atoms with Gasteiger partial charge in [-0.25, -0.2) is 4.57 Å². The van der Waals surface area contributed by atoms with Crippen LogP contribution in [0.4, 0.5) is 0 Å². The van der Waals surface area contributed by atoms with E-state index in [0.29, 0.717) is 11.8 Å². The SMILES string of the molecule is CC(C)Cc1cccc(COP(=O)(O)O)c1C(C)C. The van der Waals surface area contributed by atoms with Crippen LogP contribution in [-0.2, 0) is 22.1 Å². The molecule has 0 heterocycles. The summed E-state index contributed by atoms with van der Waals surface area (Å²) in [6, 6.07) is 5.87. The Morgan fingerprint density at radius 2 is 1.74 bits per heavy atom. The highest BCUT2D eigenvalue weighted by Gasteiger charge is 2.18. The number of rotatable bonds is 6. The highest BCUT2D eigenvalue weighted by molar-refractivity contribution is 7.46. The molecule has 0 radical (unpaired) electrons. The van der Waals surface area contributed by atoms with Crippen LogP contribution in [0.5, 0.6) is 0 Å². The van der Waals surface area contributed by atoms with Gasteiger partial charge in [-0.2, -0.15) is 0 Å². The lowest BCUT2D eigenvalue weighted by Crippen LogP contribution is -2.06. The van der Waals surface area contributed by atoms with Crippen molar-refractivity contribution in [3.05, 3.63) is 34.9 Å². The van der Waals surface area contributed by atoms with Gasteiger partial charge in [-0.05, 0) is 34.9 Å². The molecule has 0 unspecified atom stereocenters. The monoisotopic (exact) mass is 286 g/mol. The predicted octanol–water partition coefficient (Wildman–Crippen LogP) is 3.62. The topological polar surface area (TPSA) is 66.8 Å². The Kier molecular flexibility index (Phi) is 5.75. The average molecular weight is 286 g/mol. The molecule has 0 atom stereocenters. The third-order valence-corrected chi connectivity index (χ3v) is 3.35. The van der Waals surface area contributed by atoms with Crippen LogP contribution < -0.4 is 0 Å². The van der Waals surface area contributed by atoms with Crippen LogP contribution in [0.1, 0.15) is 50.3 Å². The number of phosphoric ester groups is 1. The van der Waals surface area contributed by atoms with Gasteiger partial charge in [0.1, 0.15) is 0 Å². The zero-order chi connectivity index (χ0) is 14.6. The first-order chi connectivity index (χ1) is 8.70. The minimum Gasteiger partial charge on any atom is -0.303 e. The molecule has 0 aliphatic carbocycles. The highest BCUT2D eigenvalue weighted by atomic mass is 31.2. The van der Waals surface area contributed by atoms with Crippen molar-refractivity contribution >= 4 is 7.82 Å². The third kappa shape index (κ3) is 5.45. The van der Waals surface area contributed by atoms with Gasteiger partial charge in [-0.1, -0.05) is 45.9 Å². The molecule has 19 heavy (non-hydrogen) atoms. The molecule has 0 spiro atoms. The van der Waals surface area contributed by atoms with Gasteiger partial charge in [0.05, 0.1) is 6.61 Å². The summed E-state index contributed by atoms with van der Waals surface area (Å²) < 4.78 is 15.5. The molecule has 0 saturated heterocycles. The van der Waals surface area contributed by atoms with Crippen molar-refractivity contribution in [1.82, 2.24) is 0 Å². The number of hydrogen-bond donors (Lipinski definition) is 2. The van der Waals surface area contributed by atoms with E-state index < -0.39 is 7.82 Å². The maximum absolute atomic E-state index is 10.8. The van der Waals surface area contributed by atoms with Crippen molar-refractivity contribution in [1.29, 1.82) is 0 Å². The molecule has 108 valence electrons. The fraction of sp³-hybridized carbons (Fsp3) is 0.571. The van der Waals surface area contributed by atoms with Crippen molar-refractivity contribution in [3.8, 4) is 0 Å². The normalized spacial score (nSPS) is 12.4. The van der Waals surface area contributed by atoms with E-state index in [1.165, 1.54) is 5.56 Å². The maximum atomic E-state index is 10.8. The lowest BCUT2D eigenvalue weighted by atomic mass is 9.88. The first-order valence-electron chi connectivity index (χ1n) is 6.51. The van der Waals surface area contributed by atoms with Gasteiger partial charge in [0.15, 0.2) is 0 Å². The zero-order valence-corrected chi connectivity index (χ0v) is 12.9. The smallest absolute Gasteiger partial charge is 0.303 e. The van der Waals surface area contributed by atoms with Gasteiger partial charge in [0.25, 0.3) is 0 Å². The van der Waals surface area contributed by atoms with Crippen LogP contribution in [0.15, 0.2) is 18.2 Å². The van der Waals surface area contributed by atoms with E-state index in [-0.39, 0.29) is 6.61 Å². The number of hydrogen-bond acceptors (Lipinski definition) is 2. The van der Waals surface area contributed by atoms with E-state index >= 15 is 0 Å². The second-order valence-corrected chi connectivity index (χ2v) is 6.75. The number of benzene rings is 1. The Labute approximate surface area is 115 Å². The summed E-state index contributed by atoms with van der Waals surface area (Å²) in [4.78, 5) is 17.6. The molecule has 0 saturated carbocycles. The Morgan fingerprint density at radius 3 is 2.21 bits per heavy atom. The van der Waals surface area contributed by atoms with E-state index in [2.05, 4.69) is 38.3 Å². The zero-order valence-electron chi connectivity index (χ0n) is 12.0. The molecule has 4 nitrogen and oxygen atoms in total. The van der Waals surface area contributed by atoms with E-state index in [1.807, 2.05) is 12.1 Å². The van der Waals surface area contributed by atoms with Crippen LogP contribution in [0.3, 0.4) is 0 Å². The van der Waals surface area contributed by atoms with Crippen molar-refractivity contribution in [2.75, 3.05) is 0 Å². The quantitative estimate of drug-likeness (QED) is 0.784. The average Bonchev–Trinajstić information content (AvgIpc) is 2.24. The summed E-state index contributed by atoms with van der Waals surface area (Å²) in [6.45, 7) is 8.43. The molecule has 1 rings (SSSR count). The molecule has 0 aliphatic rings. The second kappa shape index (κ2) is 6.67. The Bertz CT molecular complexity index is 463. The highest BCUT2D eigenvalue weighted by Crippen LogP contribution is 2.38. The standard InChI is InChI=1S/C14H23O4P/c1-10(2)8-12-6-5-7-13(14(12)11(3)4)9-18-19(15,16)17/h5-7,10-11H,8-9H2,1-4H3,(H2,15,16,17). The molecule has 5 heteroatoms. The van der Waals surface area contributed by atoms with Crippen LogP contribution in [0.25, 0.3) is 0 Å². The molecule has 0 amide bonds. The van der Waals surface area contributed by atoms with E-state index in [0.717, 1.165) is 17.5 Å². The van der Waals surface area contributed by atoms with Crippen LogP contribution >= 0.6 is 7.82 Å². The van der Waals surface area contributed by atoms with Gasteiger partial charge < -0.3 is 9.79 Å². The summed E-state index contributed by atoms with van der Waals surface area (Å²) in [7, 11) is -4.42. The Balaban J connectivity index is 3.06. The first-order valence-corrected chi connectivity index (χ1v) is 8.04. The molecule has 2 N–H and O–H groups in total. The van der Waals surface area contributed by atoms with E-state index in [9.17, 15) is 4.57 Å². The van der Waals surface area contributed by atoms with Crippen molar-refractivity contribution in [2.45, 2.75) is 46.6 Å². The summed E-state index contributed by atoms with van der Waals surface area (Å²) in [6.07, 6.45) is 0.956. The molecular formula is C14H23O4P. The van der Waals surface area contributed by atoms with Crippen LogP contribution in [0, 0.1) is 5.92 Å². The summed E-state index contributed by atoms with van der Waals surface area (Å²) >= 11 is 0. The summed E-state index contributed by atoms with van der Waals surface area (Å²) in [5, 5.41) is 0. The minimum absolute atomic E-state index is 0.0519. The summed E-state index contributed by atoms with van der Waals surface area (Å²) in [5.74, 6) is 0.834.